The van der Waals surface area contributed by atoms with Crippen LogP contribution in [-0.2, 0) is 6.42 Å². The summed E-state index contributed by atoms with van der Waals surface area (Å²) >= 11 is 4.41. The molecule has 1 heterocycles. The molecule has 0 atom stereocenters. The van der Waals surface area contributed by atoms with E-state index in [-0.39, 0.29) is 5.78 Å². The predicted octanol–water partition coefficient (Wildman–Crippen LogP) is 4.73. The number of Topliss-reactive ketones (excluding diaryl/α,β-unsaturated/α-hetero) is 1. The van der Waals surface area contributed by atoms with Crippen LogP contribution in [-0.4, -0.2) is 10.8 Å². The Hall–Kier alpha value is -2.13. The molecule has 0 N–H and O–H groups in total. The van der Waals surface area contributed by atoms with Crippen molar-refractivity contribution in [3.8, 4) is 0 Å². The highest BCUT2D eigenvalue weighted by molar-refractivity contribution is 7.80. The van der Waals surface area contributed by atoms with Crippen LogP contribution in [0.15, 0.2) is 65.7 Å². The maximum absolute atomic E-state index is 12.5. The molecule has 110 valence electrons. The third kappa shape index (κ3) is 3.20. The molecule has 0 fully saturated rings. The van der Waals surface area contributed by atoms with E-state index in [1.807, 2.05) is 36.4 Å². The molecule has 2 nitrogen and oxygen atoms in total. The third-order valence-electron chi connectivity index (χ3n) is 3.76. The van der Waals surface area contributed by atoms with Gasteiger partial charge in [-0.1, -0.05) is 42.5 Å². The number of rotatable bonds is 5. The van der Waals surface area contributed by atoms with Crippen molar-refractivity contribution < 1.29 is 4.79 Å². The molecule has 0 bridgehead atoms. The Kier molecular flexibility index (Phi) is 4.54. The van der Waals surface area contributed by atoms with Crippen molar-refractivity contribution in [2.75, 3.05) is 0 Å². The second-order valence-corrected chi connectivity index (χ2v) is 5.78. The van der Waals surface area contributed by atoms with Crippen LogP contribution in [0.3, 0.4) is 0 Å². The standard InChI is InChI=1S/C19H17NOS/c21-17(10-4-8-14-6-2-1-3-7-14)15-12-13-20-19-16(15)9-5-11-18(19)22/h1-3,5-7,9,11-13,22H,4,8,10H2. The summed E-state index contributed by atoms with van der Waals surface area (Å²) in [6.45, 7) is 0. The number of para-hydroxylation sites is 1. The van der Waals surface area contributed by atoms with Crippen molar-refractivity contribution in [3.63, 3.8) is 0 Å². The molecule has 0 unspecified atom stereocenters. The van der Waals surface area contributed by atoms with E-state index in [9.17, 15) is 4.79 Å². The summed E-state index contributed by atoms with van der Waals surface area (Å²) in [4.78, 5) is 17.6. The van der Waals surface area contributed by atoms with Crippen molar-refractivity contribution >= 4 is 29.3 Å². The molecule has 0 aliphatic carbocycles. The molecule has 0 aliphatic rings. The first-order valence-electron chi connectivity index (χ1n) is 7.39. The number of ketones is 1. The Morgan fingerprint density at radius 2 is 1.82 bits per heavy atom. The van der Waals surface area contributed by atoms with E-state index in [0.717, 1.165) is 34.2 Å². The number of carbonyl (C=O) groups is 1. The summed E-state index contributed by atoms with van der Waals surface area (Å²) in [7, 11) is 0. The summed E-state index contributed by atoms with van der Waals surface area (Å²) in [5.74, 6) is 0.169. The number of nitrogens with zero attached hydrogens (tertiary/aromatic N) is 1. The molecular weight excluding hydrogens is 290 g/mol. The van der Waals surface area contributed by atoms with E-state index >= 15 is 0 Å². The molecule has 0 spiro atoms. The lowest BCUT2D eigenvalue weighted by atomic mass is 10.00. The molecule has 2 aromatic carbocycles. The Bertz CT molecular complexity index is 799. The van der Waals surface area contributed by atoms with E-state index in [1.165, 1.54) is 5.56 Å². The van der Waals surface area contributed by atoms with Gasteiger partial charge < -0.3 is 0 Å². The van der Waals surface area contributed by atoms with E-state index in [1.54, 1.807) is 12.3 Å². The number of thiol groups is 1. The smallest absolute Gasteiger partial charge is 0.163 e. The van der Waals surface area contributed by atoms with E-state index in [0.29, 0.717) is 6.42 Å². The van der Waals surface area contributed by atoms with Gasteiger partial charge >= 0.3 is 0 Å². The van der Waals surface area contributed by atoms with E-state index < -0.39 is 0 Å². The number of aryl methyl sites for hydroxylation is 1. The summed E-state index contributed by atoms with van der Waals surface area (Å²) in [6.07, 6.45) is 4.01. The van der Waals surface area contributed by atoms with Crippen LogP contribution in [0.2, 0.25) is 0 Å². The lowest BCUT2D eigenvalue weighted by molar-refractivity contribution is 0.0981. The second-order valence-electron chi connectivity index (χ2n) is 5.29. The highest BCUT2D eigenvalue weighted by Crippen LogP contribution is 2.24. The summed E-state index contributed by atoms with van der Waals surface area (Å²) < 4.78 is 0. The molecule has 3 rings (SSSR count). The minimum absolute atomic E-state index is 0.169. The largest absolute Gasteiger partial charge is 0.294 e. The predicted molar refractivity (Wildman–Crippen MR) is 92.7 cm³/mol. The Morgan fingerprint density at radius 3 is 2.64 bits per heavy atom. The SMILES string of the molecule is O=C(CCCc1ccccc1)c1ccnc2c(S)cccc12. The van der Waals surface area contributed by atoms with Gasteiger partial charge in [0, 0.05) is 28.5 Å². The minimum Gasteiger partial charge on any atom is -0.294 e. The minimum atomic E-state index is 0.169. The molecule has 0 aliphatic heterocycles. The maximum atomic E-state index is 12.5. The van der Waals surface area contributed by atoms with Gasteiger partial charge in [-0.25, -0.2) is 0 Å². The number of benzene rings is 2. The molecule has 3 aromatic rings. The molecule has 0 radical (unpaired) electrons. The first kappa shape index (κ1) is 14.8. The number of aromatic nitrogens is 1. The Labute approximate surface area is 135 Å². The van der Waals surface area contributed by atoms with Gasteiger partial charge in [-0.05, 0) is 30.5 Å². The van der Waals surface area contributed by atoms with Crippen molar-refractivity contribution in [2.45, 2.75) is 24.2 Å². The van der Waals surface area contributed by atoms with Gasteiger partial charge in [-0.3, -0.25) is 9.78 Å². The van der Waals surface area contributed by atoms with Gasteiger partial charge in [0.2, 0.25) is 0 Å². The van der Waals surface area contributed by atoms with Crippen LogP contribution >= 0.6 is 12.6 Å². The fourth-order valence-corrected chi connectivity index (χ4v) is 2.90. The highest BCUT2D eigenvalue weighted by atomic mass is 32.1. The van der Waals surface area contributed by atoms with Crippen molar-refractivity contribution in [2.24, 2.45) is 0 Å². The highest BCUT2D eigenvalue weighted by Gasteiger charge is 2.11. The fraction of sp³-hybridized carbons (Fsp3) is 0.158. The summed E-state index contributed by atoms with van der Waals surface area (Å²) in [5.41, 5.74) is 2.81. The summed E-state index contributed by atoms with van der Waals surface area (Å²) in [5, 5.41) is 0.889. The molecule has 0 saturated carbocycles. The fourth-order valence-electron chi connectivity index (χ4n) is 2.64. The van der Waals surface area contributed by atoms with Crippen LogP contribution < -0.4 is 0 Å². The van der Waals surface area contributed by atoms with Gasteiger partial charge in [0.05, 0.1) is 5.52 Å². The molecular formula is C19H17NOS. The van der Waals surface area contributed by atoms with Crippen LogP contribution in [0.5, 0.6) is 0 Å². The third-order valence-corrected chi connectivity index (χ3v) is 4.12. The molecule has 0 amide bonds. The molecule has 1 aromatic heterocycles. The topological polar surface area (TPSA) is 30.0 Å². The van der Waals surface area contributed by atoms with Gasteiger partial charge in [0.1, 0.15) is 0 Å². The van der Waals surface area contributed by atoms with Crippen LogP contribution in [0.25, 0.3) is 10.9 Å². The quantitative estimate of drug-likeness (QED) is 0.545. The maximum Gasteiger partial charge on any atom is 0.163 e. The zero-order chi connectivity index (χ0) is 15.4. The van der Waals surface area contributed by atoms with Crippen molar-refractivity contribution in [3.05, 3.63) is 71.9 Å². The Balaban J connectivity index is 1.74. The normalized spacial score (nSPS) is 10.8. The van der Waals surface area contributed by atoms with Gasteiger partial charge in [0.25, 0.3) is 0 Å². The number of pyridine rings is 1. The first-order valence-corrected chi connectivity index (χ1v) is 7.84. The zero-order valence-corrected chi connectivity index (χ0v) is 13.1. The molecule has 0 saturated heterocycles. The number of fused-ring (bicyclic) bond motifs is 1. The Morgan fingerprint density at radius 1 is 1.00 bits per heavy atom. The summed E-state index contributed by atoms with van der Waals surface area (Å²) in [6, 6.07) is 17.8. The number of hydrogen-bond acceptors (Lipinski definition) is 3. The second kappa shape index (κ2) is 6.75. The lowest BCUT2D eigenvalue weighted by Gasteiger charge is -2.07. The number of carbonyl (C=O) groups excluding carboxylic acids is 1. The average Bonchev–Trinajstić information content (AvgIpc) is 2.56. The van der Waals surface area contributed by atoms with Crippen molar-refractivity contribution in [1.29, 1.82) is 0 Å². The van der Waals surface area contributed by atoms with E-state index in [2.05, 4.69) is 29.7 Å². The first-order chi connectivity index (χ1) is 10.8. The lowest BCUT2D eigenvalue weighted by Crippen LogP contribution is -2.02. The van der Waals surface area contributed by atoms with Crippen molar-refractivity contribution in [1.82, 2.24) is 4.98 Å². The zero-order valence-electron chi connectivity index (χ0n) is 12.2. The number of hydrogen-bond donors (Lipinski definition) is 1. The molecule has 22 heavy (non-hydrogen) atoms. The van der Waals surface area contributed by atoms with Gasteiger partial charge in [-0.2, -0.15) is 0 Å². The van der Waals surface area contributed by atoms with Gasteiger partial charge in [-0.15, -0.1) is 12.6 Å². The average molecular weight is 307 g/mol. The van der Waals surface area contributed by atoms with E-state index in [4.69, 9.17) is 0 Å². The van der Waals surface area contributed by atoms with Crippen LogP contribution in [0.1, 0.15) is 28.8 Å². The molecule has 3 heteroatoms. The monoisotopic (exact) mass is 307 g/mol. The van der Waals surface area contributed by atoms with Gasteiger partial charge in [0.15, 0.2) is 5.78 Å². The van der Waals surface area contributed by atoms with Crippen LogP contribution in [0, 0.1) is 0 Å². The van der Waals surface area contributed by atoms with Crippen LogP contribution in [0.4, 0.5) is 0 Å².